The van der Waals surface area contributed by atoms with Gasteiger partial charge in [-0.1, -0.05) is 36.6 Å². The maximum absolute atomic E-state index is 12.7. The Hall–Kier alpha value is -2.12. The molecular formula is C22H31ClN4O3. The van der Waals surface area contributed by atoms with Crippen LogP contribution in [0.5, 0.6) is 0 Å². The lowest BCUT2D eigenvalue weighted by Gasteiger charge is -2.36. The fraction of sp³-hybridized carbons (Fsp3) is 0.591. The topological polar surface area (TPSA) is 73.0 Å². The highest BCUT2D eigenvalue weighted by atomic mass is 35.5. The van der Waals surface area contributed by atoms with Crippen molar-refractivity contribution in [2.75, 3.05) is 45.8 Å². The second kappa shape index (κ2) is 10.8. The molecule has 2 fully saturated rings. The molecule has 1 aromatic rings. The van der Waals surface area contributed by atoms with Crippen LogP contribution in [0.4, 0.5) is 0 Å². The maximum Gasteiger partial charge on any atom is 0.253 e. The molecule has 2 aliphatic heterocycles. The number of nitrogens with zero attached hydrogens (tertiary/aromatic N) is 3. The molecule has 0 bridgehead atoms. The summed E-state index contributed by atoms with van der Waals surface area (Å²) in [7, 11) is 0. The van der Waals surface area contributed by atoms with Crippen LogP contribution in [-0.2, 0) is 9.59 Å². The Labute approximate surface area is 183 Å². The first-order chi connectivity index (χ1) is 14.5. The Kier molecular flexibility index (Phi) is 8.10. The summed E-state index contributed by atoms with van der Waals surface area (Å²) in [4.78, 5) is 43.6. The number of hydrogen-bond acceptors (Lipinski definition) is 4. The molecule has 3 amide bonds. The Bertz CT molecular complexity index is 757. The van der Waals surface area contributed by atoms with Crippen LogP contribution in [-0.4, -0.2) is 84.3 Å². The van der Waals surface area contributed by atoms with E-state index in [1.807, 2.05) is 4.90 Å². The van der Waals surface area contributed by atoms with Crippen molar-refractivity contribution in [1.82, 2.24) is 20.0 Å². The van der Waals surface area contributed by atoms with Crippen molar-refractivity contribution in [1.29, 1.82) is 0 Å². The van der Waals surface area contributed by atoms with Crippen LogP contribution in [0.15, 0.2) is 24.3 Å². The lowest BCUT2D eigenvalue weighted by Crippen LogP contribution is -2.55. The van der Waals surface area contributed by atoms with E-state index in [0.29, 0.717) is 43.3 Å². The third kappa shape index (κ3) is 5.95. The maximum atomic E-state index is 12.7. The Morgan fingerprint density at radius 2 is 1.57 bits per heavy atom. The SMILES string of the molecule is C[C@@H](NC(=O)c1ccccc1Cl)C(=O)N1CCN(CC(=O)N2CCCCCC2)CC1. The fourth-order valence-electron chi connectivity index (χ4n) is 3.99. The number of piperazine rings is 1. The second-order valence-electron chi connectivity index (χ2n) is 8.07. The molecule has 2 heterocycles. The van der Waals surface area contributed by atoms with Crippen LogP contribution in [0.2, 0.25) is 5.02 Å². The molecule has 0 aliphatic carbocycles. The van der Waals surface area contributed by atoms with E-state index in [1.165, 1.54) is 12.8 Å². The van der Waals surface area contributed by atoms with E-state index in [2.05, 4.69) is 10.2 Å². The van der Waals surface area contributed by atoms with Crippen molar-refractivity contribution in [2.45, 2.75) is 38.6 Å². The Morgan fingerprint density at radius 1 is 0.933 bits per heavy atom. The number of nitrogens with one attached hydrogen (secondary N) is 1. The van der Waals surface area contributed by atoms with E-state index < -0.39 is 6.04 Å². The van der Waals surface area contributed by atoms with E-state index in [0.717, 1.165) is 25.9 Å². The number of likely N-dealkylation sites (tertiary alicyclic amines) is 1. The molecule has 0 saturated carbocycles. The highest BCUT2D eigenvalue weighted by Gasteiger charge is 2.28. The van der Waals surface area contributed by atoms with Gasteiger partial charge in [0.25, 0.3) is 5.91 Å². The van der Waals surface area contributed by atoms with E-state index >= 15 is 0 Å². The van der Waals surface area contributed by atoms with Gasteiger partial charge in [0.05, 0.1) is 17.1 Å². The standard InChI is InChI=1S/C22H31ClN4O3/c1-17(24-21(29)18-8-4-5-9-19(18)23)22(30)27-14-12-25(13-15-27)16-20(28)26-10-6-2-3-7-11-26/h4-5,8-9,17H,2-3,6-7,10-16H2,1H3,(H,24,29)/t17-/m1/s1. The van der Waals surface area contributed by atoms with Crippen molar-refractivity contribution >= 4 is 29.3 Å². The normalized spacial score (nSPS) is 19.1. The summed E-state index contributed by atoms with van der Waals surface area (Å²) in [5.74, 6) is -0.283. The van der Waals surface area contributed by atoms with Crippen molar-refractivity contribution in [3.63, 3.8) is 0 Å². The molecule has 7 nitrogen and oxygen atoms in total. The number of carbonyl (C=O) groups is 3. The van der Waals surface area contributed by atoms with Crippen LogP contribution < -0.4 is 5.32 Å². The smallest absolute Gasteiger partial charge is 0.253 e. The van der Waals surface area contributed by atoms with Crippen molar-refractivity contribution in [3.05, 3.63) is 34.9 Å². The van der Waals surface area contributed by atoms with Gasteiger partial charge in [-0.05, 0) is 31.9 Å². The number of halogens is 1. The van der Waals surface area contributed by atoms with Gasteiger partial charge in [0.15, 0.2) is 0 Å². The first-order valence-corrected chi connectivity index (χ1v) is 11.2. The van der Waals surface area contributed by atoms with Crippen molar-refractivity contribution < 1.29 is 14.4 Å². The van der Waals surface area contributed by atoms with Gasteiger partial charge < -0.3 is 15.1 Å². The zero-order valence-corrected chi connectivity index (χ0v) is 18.4. The summed E-state index contributed by atoms with van der Waals surface area (Å²) in [6.07, 6.45) is 4.59. The third-order valence-corrected chi connectivity index (χ3v) is 6.17. The van der Waals surface area contributed by atoms with Gasteiger partial charge in [0.2, 0.25) is 11.8 Å². The van der Waals surface area contributed by atoms with Crippen LogP contribution >= 0.6 is 11.6 Å². The minimum Gasteiger partial charge on any atom is -0.342 e. The highest BCUT2D eigenvalue weighted by Crippen LogP contribution is 2.15. The molecule has 164 valence electrons. The minimum absolute atomic E-state index is 0.117. The average Bonchev–Trinajstić information content (AvgIpc) is 3.03. The van der Waals surface area contributed by atoms with Gasteiger partial charge in [-0.25, -0.2) is 0 Å². The molecule has 0 radical (unpaired) electrons. The summed E-state index contributed by atoms with van der Waals surface area (Å²) < 4.78 is 0. The summed E-state index contributed by atoms with van der Waals surface area (Å²) in [6, 6.07) is 6.13. The summed E-state index contributed by atoms with van der Waals surface area (Å²) in [6.45, 7) is 6.26. The summed E-state index contributed by atoms with van der Waals surface area (Å²) in [5.41, 5.74) is 0.357. The average molecular weight is 435 g/mol. The van der Waals surface area contributed by atoms with Gasteiger partial charge in [0, 0.05) is 39.3 Å². The number of hydrogen-bond donors (Lipinski definition) is 1. The van der Waals surface area contributed by atoms with Crippen LogP contribution in [0.3, 0.4) is 0 Å². The number of amides is 3. The molecule has 0 spiro atoms. The fourth-order valence-corrected chi connectivity index (χ4v) is 4.21. The monoisotopic (exact) mass is 434 g/mol. The van der Waals surface area contributed by atoms with Gasteiger partial charge in [0.1, 0.15) is 6.04 Å². The summed E-state index contributed by atoms with van der Waals surface area (Å²) in [5, 5.41) is 3.10. The van der Waals surface area contributed by atoms with E-state index in [-0.39, 0.29) is 17.7 Å². The van der Waals surface area contributed by atoms with Crippen molar-refractivity contribution in [3.8, 4) is 0 Å². The van der Waals surface area contributed by atoms with Crippen LogP contribution in [0.1, 0.15) is 43.0 Å². The molecule has 30 heavy (non-hydrogen) atoms. The van der Waals surface area contributed by atoms with Gasteiger partial charge >= 0.3 is 0 Å². The number of carbonyl (C=O) groups excluding carboxylic acids is 3. The van der Waals surface area contributed by atoms with E-state index in [4.69, 9.17) is 11.6 Å². The molecule has 1 N–H and O–H groups in total. The quantitative estimate of drug-likeness (QED) is 0.769. The van der Waals surface area contributed by atoms with Crippen LogP contribution in [0, 0.1) is 0 Å². The molecular weight excluding hydrogens is 404 g/mol. The molecule has 0 aromatic heterocycles. The largest absolute Gasteiger partial charge is 0.342 e. The first kappa shape index (κ1) is 22.6. The van der Waals surface area contributed by atoms with Crippen LogP contribution in [0.25, 0.3) is 0 Å². The van der Waals surface area contributed by atoms with Gasteiger partial charge in [-0.15, -0.1) is 0 Å². The molecule has 2 aliphatic rings. The molecule has 1 aromatic carbocycles. The lowest BCUT2D eigenvalue weighted by molar-refractivity contribution is -0.136. The second-order valence-corrected chi connectivity index (χ2v) is 8.48. The molecule has 0 unspecified atom stereocenters. The molecule has 3 rings (SSSR count). The molecule has 8 heteroatoms. The Morgan fingerprint density at radius 3 is 2.20 bits per heavy atom. The van der Waals surface area contributed by atoms with E-state index in [9.17, 15) is 14.4 Å². The van der Waals surface area contributed by atoms with Gasteiger partial charge in [-0.2, -0.15) is 0 Å². The predicted octanol–water partition coefficient (Wildman–Crippen LogP) is 2.01. The number of benzene rings is 1. The highest BCUT2D eigenvalue weighted by molar-refractivity contribution is 6.33. The predicted molar refractivity (Wildman–Crippen MR) is 116 cm³/mol. The number of rotatable bonds is 5. The Balaban J connectivity index is 1.44. The zero-order chi connectivity index (χ0) is 21.5. The first-order valence-electron chi connectivity index (χ1n) is 10.8. The zero-order valence-electron chi connectivity index (χ0n) is 17.6. The van der Waals surface area contributed by atoms with Crippen molar-refractivity contribution in [2.24, 2.45) is 0 Å². The lowest BCUT2D eigenvalue weighted by atomic mass is 10.2. The minimum atomic E-state index is -0.640. The molecule has 2 saturated heterocycles. The summed E-state index contributed by atoms with van der Waals surface area (Å²) >= 11 is 6.06. The van der Waals surface area contributed by atoms with Gasteiger partial charge in [-0.3, -0.25) is 19.3 Å². The third-order valence-electron chi connectivity index (χ3n) is 5.84. The van der Waals surface area contributed by atoms with E-state index in [1.54, 1.807) is 36.1 Å². The molecule has 1 atom stereocenters.